The van der Waals surface area contributed by atoms with Crippen LogP contribution < -0.4 is 19.5 Å². The smallest absolute Gasteiger partial charge is 0.255 e. The summed E-state index contributed by atoms with van der Waals surface area (Å²) in [4.78, 5) is 17.0. The maximum atomic E-state index is 12.6. The van der Waals surface area contributed by atoms with Crippen LogP contribution in [-0.2, 0) is 0 Å². The molecule has 1 amide bonds. The van der Waals surface area contributed by atoms with E-state index in [1.54, 1.807) is 50.7 Å². The first-order chi connectivity index (χ1) is 17.0. The fourth-order valence-corrected chi connectivity index (χ4v) is 3.96. The fourth-order valence-electron chi connectivity index (χ4n) is 3.83. The lowest BCUT2D eigenvalue weighted by Crippen LogP contribution is -2.11. The van der Waals surface area contributed by atoms with Crippen LogP contribution in [0.4, 0.5) is 5.69 Å². The van der Waals surface area contributed by atoms with Gasteiger partial charge in [0.2, 0.25) is 0 Å². The number of pyridine rings is 1. The predicted octanol–water partition coefficient (Wildman–Crippen LogP) is 7.10. The van der Waals surface area contributed by atoms with Crippen LogP contribution in [0.5, 0.6) is 23.0 Å². The van der Waals surface area contributed by atoms with Gasteiger partial charge in [-0.05, 0) is 71.4 Å². The fraction of sp³-hybridized carbons (Fsp3) is 0.0714. The van der Waals surface area contributed by atoms with Gasteiger partial charge >= 0.3 is 0 Å². The Morgan fingerprint density at radius 2 is 1.54 bits per heavy atom. The molecule has 0 aliphatic heterocycles. The second-order valence-corrected chi connectivity index (χ2v) is 8.26. The van der Waals surface area contributed by atoms with Crippen LogP contribution in [0.1, 0.15) is 10.4 Å². The van der Waals surface area contributed by atoms with E-state index in [-0.39, 0.29) is 5.91 Å². The van der Waals surface area contributed by atoms with E-state index in [1.165, 1.54) is 0 Å². The van der Waals surface area contributed by atoms with Crippen molar-refractivity contribution in [3.8, 4) is 23.0 Å². The first-order valence-electron chi connectivity index (χ1n) is 10.8. The van der Waals surface area contributed by atoms with Crippen molar-refractivity contribution < 1.29 is 19.0 Å². The number of anilines is 1. The van der Waals surface area contributed by atoms with Crippen molar-refractivity contribution in [2.24, 2.45) is 0 Å². The molecule has 0 atom stereocenters. The third-order valence-corrected chi connectivity index (χ3v) is 5.86. The summed E-state index contributed by atoms with van der Waals surface area (Å²) in [5, 5.41) is 6.26. The van der Waals surface area contributed by atoms with E-state index in [0.717, 1.165) is 21.7 Å². The van der Waals surface area contributed by atoms with Crippen LogP contribution in [-0.4, -0.2) is 25.1 Å². The van der Waals surface area contributed by atoms with Gasteiger partial charge < -0.3 is 19.5 Å². The molecule has 0 radical (unpaired) electrons. The highest BCUT2D eigenvalue weighted by atomic mass is 35.5. The second kappa shape index (κ2) is 9.52. The topological polar surface area (TPSA) is 69.7 Å². The van der Waals surface area contributed by atoms with E-state index < -0.39 is 0 Å². The minimum atomic E-state index is -0.207. The first-order valence-corrected chi connectivity index (χ1v) is 11.2. The standard InChI is InChI=1S/C28H21ClN2O4/c1-33-26-15-23-24(16-27(26)34-2)30-12-11-25(23)35-22-10-6-17-5-9-21(13-19(17)14-22)31-28(32)18-3-7-20(29)8-4-18/h3-16H,1-2H3,(H,31,32). The van der Waals surface area contributed by atoms with Gasteiger partial charge in [-0.15, -0.1) is 0 Å². The Hall–Kier alpha value is -4.29. The SMILES string of the molecule is COc1cc2nccc(Oc3ccc4ccc(NC(=O)c5ccc(Cl)cc5)cc4c3)c2cc1OC. The number of benzene rings is 4. The Kier molecular flexibility index (Phi) is 6.12. The van der Waals surface area contributed by atoms with Crippen LogP contribution in [0.25, 0.3) is 21.7 Å². The van der Waals surface area contributed by atoms with Gasteiger partial charge in [-0.2, -0.15) is 0 Å². The number of halogens is 1. The van der Waals surface area contributed by atoms with Crippen LogP contribution in [0.2, 0.25) is 5.02 Å². The Morgan fingerprint density at radius 3 is 2.31 bits per heavy atom. The van der Waals surface area contributed by atoms with E-state index in [0.29, 0.717) is 39.3 Å². The lowest BCUT2D eigenvalue weighted by atomic mass is 10.1. The Morgan fingerprint density at radius 1 is 0.800 bits per heavy atom. The third kappa shape index (κ3) is 4.69. The number of methoxy groups -OCH3 is 2. The van der Waals surface area contributed by atoms with Gasteiger partial charge in [-0.1, -0.05) is 23.7 Å². The molecule has 1 heterocycles. The highest BCUT2D eigenvalue weighted by Gasteiger charge is 2.12. The molecule has 174 valence electrons. The molecule has 5 aromatic rings. The molecule has 5 rings (SSSR count). The van der Waals surface area contributed by atoms with Gasteiger partial charge in [0, 0.05) is 33.9 Å². The summed E-state index contributed by atoms with van der Waals surface area (Å²) in [6.45, 7) is 0. The summed E-state index contributed by atoms with van der Waals surface area (Å²) in [6.07, 6.45) is 1.69. The largest absolute Gasteiger partial charge is 0.493 e. The van der Waals surface area contributed by atoms with Crippen molar-refractivity contribution in [2.45, 2.75) is 0 Å². The first kappa shape index (κ1) is 22.5. The monoisotopic (exact) mass is 484 g/mol. The van der Waals surface area contributed by atoms with Crippen LogP contribution in [0, 0.1) is 0 Å². The summed E-state index contributed by atoms with van der Waals surface area (Å²) in [5.74, 6) is 2.28. The van der Waals surface area contributed by atoms with E-state index in [2.05, 4.69) is 10.3 Å². The maximum Gasteiger partial charge on any atom is 0.255 e. The molecule has 0 unspecified atom stereocenters. The van der Waals surface area contributed by atoms with E-state index in [9.17, 15) is 4.79 Å². The van der Waals surface area contributed by atoms with Crippen molar-refractivity contribution in [3.63, 3.8) is 0 Å². The van der Waals surface area contributed by atoms with E-state index in [4.69, 9.17) is 25.8 Å². The molecular weight excluding hydrogens is 464 g/mol. The molecule has 0 bridgehead atoms. The average Bonchev–Trinajstić information content (AvgIpc) is 2.88. The molecular formula is C28H21ClN2O4. The van der Waals surface area contributed by atoms with Crippen molar-refractivity contribution in [2.75, 3.05) is 19.5 Å². The highest BCUT2D eigenvalue weighted by molar-refractivity contribution is 6.30. The quantitative estimate of drug-likeness (QED) is 0.278. The van der Waals surface area contributed by atoms with E-state index >= 15 is 0 Å². The van der Waals surface area contributed by atoms with Gasteiger partial charge in [0.25, 0.3) is 5.91 Å². The zero-order chi connectivity index (χ0) is 24.4. The molecule has 1 N–H and O–H groups in total. The molecule has 1 aromatic heterocycles. The molecule has 35 heavy (non-hydrogen) atoms. The number of rotatable bonds is 6. The average molecular weight is 485 g/mol. The normalized spacial score (nSPS) is 10.8. The van der Waals surface area contributed by atoms with Gasteiger partial charge in [0.05, 0.1) is 19.7 Å². The number of amides is 1. The Labute approximate surface area is 207 Å². The molecule has 0 fully saturated rings. The van der Waals surface area contributed by atoms with Crippen molar-refractivity contribution in [3.05, 3.63) is 95.6 Å². The molecule has 4 aromatic carbocycles. The number of hydrogen-bond donors (Lipinski definition) is 1. The molecule has 0 saturated heterocycles. The molecule has 0 saturated carbocycles. The number of ether oxygens (including phenoxy) is 3. The number of hydrogen-bond acceptors (Lipinski definition) is 5. The van der Waals surface area contributed by atoms with Gasteiger partial charge in [0.15, 0.2) is 11.5 Å². The highest BCUT2D eigenvalue weighted by Crippen LogP contribution is 2.37. The number of fused-ring (bicyclic) bond motifs is 2. The second-order valence-electron chi connectivity index (χ2n) is 7.82. The Bertz CT molecular complexity index is 1550. The van der Waals surface area contributed by atoms with E-state index in [1.807, 2.05) is 48.5 Å². The third-order valence-electron chi connectivity index (χ3n) is 5.61. The number of nitrogens with zero attached hydrogens (tertiary/aromatic N) is 1. The predicted molar refractivity (Wildman–Crippen MR) is 138 cm³/mol. The van der Waals surface area contributed by atoms with Crippen molar-refractivity contribution >= 4 is 44.9 Å². The van der Waals surface area contributed by atoms with Crippen LogP contribution >= 0.6 is 11.6 Å². The maximum absolute atomic E-state index is 12.6. The lowest BCUT2D eigenvalue weighted by Gasteiger charge is -2.13. The molecule has 0 spiro atoms. The number of carbonyl (C=O) groups excluding carboxylic acids is 1. The molecule has 0 aliphatic rings. The molecule has 7 heteroatoms. The minimum Gasteiger partial charge on any atom is -0.493 e. The molecule has 6 nitrogen and oxygen atoms in total. The number of aromatic nitrogens is 1. The van der Waals surface area contributed by atoms with Crippen LogP contribution in [0.15, 0.2) is 85.1 Å². The van der Waals surface area contributed by atoms with Crippen molar-refractivity contribution in [1.82, 2.24) is 4.98 Å². The summed E-state index contributed by atoms with van der Waals surface area (Å²) in [5.41, 5.74) is 1.94. The van der Waals surface area contributed by atoms with Gasteiger partial charge in [-0.3, -0.25) is 9.78 Å². The summed E-state index contributed by atoms with van der Waals surface area (Å²) in [7, 11) is 3.18. The zero-order valence-corrected chi connectivity index (χ0v) is 19.8. The Balaban J connectivity index is 1.44. The molecule has 0 aliphatic carbocycles. The lowest BCUT2D eigenvalue weighted by molar-refractivity contribution is 0.102. The van der Waals surface area contributed by atoms with Crippen LogP contribution in [0.3, 0.4) is 0 Å². The summed E-state index contributed by atoms with van der Waals surface area (Å²) >= 11 is 5.92. The summed E-state index contributed by atoms with van der Waals surface area (Å²) in [6, 6.07) is 23.8. The van der Waals surface area contributed by atoms with Gasteiger partial charge in [0.1, 0.15) is 11.5 Å². The van der Waals surface area contributed by atoms with Gasteiger partial charge in [-0.25, -0.2) is 0 Å². The summed E-state index contributed by atoms with van der Waals surface area (Å²) < 4.78 is 17.1. The van der Waals surface area contributed by atoms with Crippen molar-refractivity contribution in [1.29, 1.82) is 0 Å². The number of nitrogens with one attached hydrogen (secondary N) is 1. The zero-order valence-electron chi connectivity index (χ0n) is 19.0. The minimum absolute atomic E-state index is 0.207. The number of carbonyl (C=O) groups is 1.